The highest BCUT2D eigenvalue weighted by Gasteiger charge is 2.33. The van der Waals surface area contributed by atoms with Gasteiger partial charge in [0.15, 0.2) is 0 Å². The van der Waals surface area contributed by atoms with Gasteiger partial charge in [-0.25, -0.2) is 0 Å². The van der Waals surface area contributed by atoms with Crippen LogP contribution in [-0.4, -0.2) is 72.9 Å². The van der Waals surface area contributed by atoms with E-state index in [1.807, 2.05) is 18.7 Å². The SMILES string of the molecule is CC[NH+]1CCN(c2nc(N)c([N+](=O)[O-])c(N3C[C@@H](C)O[C@@H](C)C3)n2)CC1. The zero-order chi connectivity index (χ0) is 18.8. The van der Waals surface area contributed by atoms with Gasteiger partial charge in [-0.1, -0.05) is 0 Å². The van der Waals surface area contributed by atoms with Crippen LogP contribution in [0.25, 0.3) is 0 Å². The van der Waals surface area contributed by atoms with E-state index in [9.17, 15) is 10.1 Å². The van der Waals surface area contributed by atoms with Gasteiger partial charge in [-0.05, 0) is 20.8 Å². The Balaban J connectivity index is 1.93. The molecule has 3 rings (SSSR count). The van der Waals surface area contributed by atoms with Crippen molar-refractivity contribution in [3.63, 3.8) is 0 Å². The zero-order valence-corrected chi connectivity index (χ0v) is 15.6. The first kappa shape index (κ1) is 18.6. The molecule has 144 valence electrons. The molecule has 0 unspecified atom stereocenters. The van der Waals surface area contributed by atoms with Gasteiger partial charge in [0.05, 0.1) is 49.9 Å². The Labute approximate surface area is 153 Å². The van der Waals surface area contributed by atoms with Gasteiger partial charge in [0.25, 0.3) is 0 Å². The first-order chi connectivity index (χ1) is 12.4. The number of hydrogen-bond acceptors (Lipinski definition) is 8. The first-order valence-corrected chi connectivity index (χ1v) is 9.19. The third-order valence-corrected chi connectivity index (χ3v) is 5.04. The Morgan fingerprint density at radius 1 is 1.23 bits per heavy atom. The summed E-state index contributed by atoms with van der Waals surface area (Å²) in [5, 5.41) is 11.6. The molecule has 1 aromatic heterocycles. The molecule has 10 heteroatoms. The van der Waals surface area contributed by atoms with Crippen molar-refractivity contribution < 1.29 is 14.6 Å². The van der Waals surface area contributed by atoms with Gasteiger partial charge < -0.3 is 25.2 Å². The number of aromatic nitrogens is 2. The standard InChI is InChI=1S/C16H27N7O3/c1-4-20-5-7-21(8-6-20)16-18-14(17)13(23(24)25)15(19-16)22-9-11(2)26-12(3)10-22/h11-12H,4-10H2,1-3H3,(H2,17,18,19)/p+1/t11-,12+. The summed E-state index contributed by atoms with van der Waals surface area (Å²) in [6.45, 7) is 11.9. The molecule has 2 aliphatic rings. The lowest BCUT2D eigenvalue weighted by atomic mass is 10.2. The number of rotatable bonds is 4. The highest BCUT2D eigenvalue weighted by Crippen LogP contribution is 2.34. The Hall–Kier alpha value is -2.20. The van der Waals surface area contributed by atoms with Crippen LogP contribution in [0.1, 0.15) is 20.8 Å². The fraction of sp³-hybridized carbons (Fsp3) is 0.750. The summed E-state index contributed by atoms with van der Waals surface area (Å²) < 4.78 is 5.74. The summed E-state index contributed by atoms with van der Waals surface area (Å²) in [5.74, 6) is 0.696. The van der Waals surface area contributed by atoms with Crippen molar-refractivity contribution in [2.24, 2.45) is 0 Å². The number of piperazine rings is 1. The van der Waals surface area contributed by atoms with Crippen molar-refractivity contribution >= 4 is 23.3 Å². The molecule has 1 aromatic rings. The smallest absolute Gasteiger partial charge is 0.353 e. The number of ether oxygens (including phenoxy) is 1. The number of nitrogen functional groups attached to an aromatic ring is 1. The molecule has 3 N–H and O–H groups in total. The van der Waals surface area contributed by atoms with Crippen LogP contribution in [0.5, 0.6) is 0 Å². The molecule has 3 heterocycles. The van der Waals surface area contributed by atoms with Crippen molar-refractivity contribution in [3.8, 4) is 0 Å². The number of anilines is 3. The van der Waals surface area contributed by atoms with Gasteiger partial charge in [-0.3, -0.25) is 10.1 Å². The van der Waals surface area contributed by atoms with E-state index in [1.165, 1.54) is 4.90 Å². The summed E-state index contributed by atoms with van der Waals surface area (Å²) >= 11 is 0. The number of likely N-dealkylation sites (N-methyl/N-ethyl adjacent to an activating group) is 1. The largest absolute Gasteiger partial charge is 0.378 e. The van der Waals surface area contributed by atoms with Crippen molar-refractivity contribution in [1.29, 1.82) is 0 Å². The summed E-state index contributed by atoms with van der Waals surface area (Å²) in [6.07, 6.45) is -0.0654. The highest BCUT2D eigenvalue weighted by molar-refractivity contribution is 5.71. The van der Waals surface area contributed by atoms with Gasteiger partial charge in [0, 0.05) is 13.1 Å². The van der Waals surface area contributed by atoms with E-state index in [0.29, 0.717) is 24.9 Å². The van der Waals surface area contributed by atoms with E-state index in [4.69, 9.17) is 10.5 Å². The number of nitro groups is 1. The molecule has 10 nitrogen and oxygen atoms in total. The van der Waals surface area contributed by atoms with Gasteiger partial charge in [0.1, 0.15) is 0 Å². The van der Waals surface area contributed by atoms with Crippen molar-refractivity contribution in [2.75, 3.05) is 61.3 Å². The molecule has 0 radical (unpaired) electrons. The summed E-state index contributed by atoms with van der Waals surface area (Å²) in [7, 11) is 0. The van der Waals surface area contributed by atoms with E-state index in [2.05, 4.69) is 21.8 Å². The molecule has 0 aliphatic carbocycles. The Morgan fingerprint density at radius 2 is 1.85 bits per heavy atom. The Morgan fingerprint density at radius 3 is 2.38 bits per heavy atom. The van der Waals surface area contributed by atoms with Crippen LogP contribution in [0.2, 0.25) is 0 Å². The second kappa shape index (κ2) is 7.58. The summed E-state index contributed by atoms with van der Waals surface area (Å²) in [6, 6.07) is 0. The number of hydrogen-bond donors (Lipinski definition) is 2. The molecule has 0 spiro atoms. The van der Waals surface area contributed by atoms with E-state index in [0.717, 1.165) is 32.7 Å². The predicted molar refractivity (Wildman–Crippen MR) is 98.8 cm³/mol. The lowest BCUT2D eigenvalue weighted by molar-refractivity contribution is -0.898. The number of morpholine rings is 1. The molecule has 2 fully saturated rings. The number of nitrogens with one attached hydrogen (secondary N) is 1. The van der Waals surface area contributed by atoms with Crippen LogP contribution >= 0.6 is 0 Å². The number of nitrogens with zero attached hydrogens (tertiary/aromatic N) is 5. The highest BCUT2D eigenvalue weighted by atomic mass is 16.6. The van der Waals surface area contributed by atoms with Crippen LogP contribution in [0, 0.1) is 10.1 Å². The van der Waals surface area contributed by atoms with E-state index >= 15 is 0 Å². The maximum Gasteiger partial charge on any atom is 0.353 e. The molecular formula is C16H28N7O3+. The van der Waals surface area contributed by atoms with Gasteiger partial charge in [-0.2, -0.15) is 9.97 Å². The number of nitrogens with two attached hydrogens (primary N) is 1. The maximum atomic E-state index is 11.6. The minimum absolute atomic E-state index is 0.0327. The summed E-state index contributed by atoms with van der Waals surface area (Å²) in [4.78, 5) is 25.4. The lowest BCUT2D eigenvalue weighted by Gasteiger charge is -2.36. The first-order valence-electron chi connectivity index (χ1n) is 9.19. The molecular weight excluding hydrogens is 338 g/mol. The molecule has 0 bridgehead atoms. The Bertz CT molecular complexity index is 653. The fourth-order valence-electron chi connectivity index (χ4n) is 3.71. The van der Waals surface area contributed by atoms with Crippen molar-refractivity contribution in [1.82, 2.24) is 9.97 Å². The van der Waals surface area contributed by atoms with Gasteiger partial charge in [-0.15, -0.1) is 0 Å². The van der Waals surface area contributed by atoms with E-state index < -0.39 is 4.92 Å². The minimum atomic E-state index is -0.488. The third kappa shape index (κ3) is 3.80. The van der Waals surface area contributed by atoms with Gasteiger partial charge in [0.2, 0.25) is 17.6 Å². The van der Waals surface area contributed by atoms with Crippen molar-refractivity contribution in [2.45, 2.75) is 33.0 Å². The molecule has 2 saturated heterocycles. The van der Waals surface area contributed by atoms with Gasteiger partial charge >= 0.3 is 5.69 Å². The molecule has 26 heavy (non-hydrogen) atoms. The molecule has 0 aromatic carbocycles. The lowest BCUT2D eigenvalue weighted by Crippen LogP contribution is -3.14. The van der Waals surface area contributed by atoms with E-state index in [-0.39, 0.29) is 23.7 Å². The normalized spacial score (nSPS) is 24.7. The maximum absolute atomic E-state index is 11.6. The second-order valence-corrected chi connectivity index (χ2v) is 7.09. The Kier molecular flexibility index (Phi) is 5.42. The van der Waals surface area contributed by atoms with Crippen LogP contribution in [0.4, 0.5) is 23.3 Å². The van der Waals surface area contributed by atoms with E-state index in [1.54, 1.807) is 0 Å². The molecule has 2 aliphatic heterocycles. The third-order valence-electron chi connectivity index (χ3n) is 5.04. The quantitative estimate of drug-likeness (QED) is 0.531. The predicted octanol–water partition coefficient (Wildman–Crippen LogP) is -0.695. The second-order valence-electron chi connectivity index (χ2n) is 7.09. The van der Waals surface area contributed by atoms with Crippen LogP contribution < -0.4 is 20.4 Å². The topological polar surface area (TPSA) is 115 Å². The summed E-state index contributed by atoms with van der Waals surface area (Å²) in [5.41, 5.74) is 5.76. The van der Waals surface area contributed by atoms with Crippen LogP contribution in [0.15, 0.2) is 0 Å². The minimum Gasteiger partial charge on any atom is -0.378 e. The van der Waals surface area contributed by atoms with Crippen molar-refractivity contribution in [3.05, 3.63) is 10.1 Å². The molecule has 0 amide bonds. The molecule has 0 saturated carbocycles. The average molecular weight is 366 g/mol. The average Bonchev–Trinajstić information content (AvgIpc) is 2.60. The number of quaternary nitrogens is 1. The zero-order valence-electron chi connectivity index (χ0n) is 15.6. The van der Waals surface area contributed by atoms with Crippen LogP contribution in [0.3, 0.4) is 0 Å². The van der Waals surface area contributed by atoms with Crippen LogP contribution in [-0.2, 0) is 4.74 Å². The molecule has 2 atom stereocenters. The fourth-order valence-corrected chi connectivity index (χ4v) is 3.71. The monoisotopic (exact) mass is 366 g/mol.